The van der Waals surface area contributed by atoms with Crippen molar-refractivity contribution < 1.29 is 28.3 Å². The summed E-state index contributed by atoms with van der Waals surface area (Å²) in [6.45, 7) is 3.59. The number of esters is 1. The Bertz CT molecular complexity index is 1880. The largest absolute Gasteiger partial charge is 0.496 e. The van der Waals surface area contributed by atoms with Crippen LogP contribution in [-0.2, 0) is 9.53 Å². The van der Waals surface area contributed by atoms with Crippen molar-refractivity contribution >= 4 is 29.1 Å². The molecule has 0 aliphatic carbocycles. The molecule has 210 valence electrons. The van der Waals surface area contributed by atoms with Gasteiger partial charge >= 0.3 is 5.97 Å². The maximum atomic E-state index is 13.9. The van der Waals surface area contributed by atoms with Crippen LogP contribution in [0.1, 0.15) is 31.2 Å². The van der Waals surface area contributed by atoms with E-state index in [0.29, 0.717) is 43.4 Å². The Kier molecular flexibility index (Phi) is 7.58. The molecule has 12 heteroatoms. The zero-order valence-corrected chi connectivity index (χ0v) is 23.4. The number of nitro benzene ring substituents is 1. The number of aromatic nitrogens is 1. The van der Waals surface area contributed by atoms with Gasteiger partial charge in [-0.1, -0.05) is 29.5 Å². The minimum atomic E-state index is -0.819. The van der Waals surface area contributed by atoms with Gasteiger partial charge in [-0.25, -0.2) is 9.79 Å². The number of nitrogens with zero attached hydrogens (tertiary/aromatic N) is 3. The van der Waals surface area contributed by atoms with Crippen molar-refractivity contribution in [2.75, 3.05) is 20.8 Å². The monoisotopic (exact) mass is 575 g/mol. The molecule has 0 N–H and O–H groups in total. The maximum Gasteiger partial charge on any atom is 0.338 e. The number of hydrogen-bond donors (Lipinski definition) is 0. The zero-order valence-electron chi connectivity index (χ0n) is 22.6. The van der Waals surface area contributed by atoms with Crippen LogP contribution in [0.25, 0.3) is 17.4 Å². The van der Waals surface area contributed by atoms with Crippen molar-refractivity contribution in [1.29, 1.82) is 0 Å². The molecular weight excluding hydrogens is 550 g/mol. The fourth-order valence-electron chi connectivity index (χ4n) is 4.68. The molecule has 11 nitrogen and oxygen atoms in total. The minimum Gasteiger partial charge on any atom is -0.496 e. The second-order valence-electron chi connectivity index (χ2n) is 8.89. The van der Waals surface area contributed by atoms with E-state index in [1.165, 1.54) is 30.9 Å². The van der Waals surface area contributed by atoms with Crippen LogP contribution in [0.4, 0.5) is 5.69 Å². The molecule has 0 saturated heterocycles. The summed E-state index contributed by atoms with van der Waals surface area (Å²) >= 11 is 1.16. The summed E-state index contributed by atoms with van der Waals surface area (Å²) in [6.07, 6.45) is 1.59. The highest BCUT2D eigenvalue weighted by atomic mass is 32.1. The van der Waals surface area contributed by atoms with Crippen LogP contribution in [0.3, 0.4) is 0 Å². The van der Waals surface area contributed by atoms with Crippen LogP contribution in [-0.4, -0.2) is 36.3 Å². The molecule has 1 aliphatic rings. The molecule has 4 aromatic rings. The van der Waals surface area contributed by atoms with Crippen molar-refractivity contribution in [3.05, 3.63) is 107 Å². The van der Waals surface area contributed by atoms with E-state index in [1.807, 2.05) is 6.07 Å². The molecule has 1 aliphatic heterocycles. The zero-order chi connectivity index (χ0) is 29.3. The first-order chi connectivity index (χ1) is 19.8. The molecule has 1 atom stereocenters. The topological polar surface area (TPSA) is 135 Å². The highest BCUT2D eigenvalue weighted by Crippen LogP contribution is 2.36. The molecule has 2 aromatic heterocycles. The molecular formula is C29H25N3O8S. The quantitative estimate of drug-likeness (QED) is 0.175. The third kappa shape index (κ3) is 5.05. The fourth-order valence-corrected chi connectivity index (χ4v) is 5.71. The molecule has 3 heterocycles. The normalized spacial score (nSPS) is 14.8. The molecule has 0 amide bonds. The van der Waals surface area contributed by atoms with Crippen molar-refractivity contribution in [2.24, 2.45) is 4.99 Å². The lowest BCUT2D eigenvalue weighted by Gasteiger charge is -2.25. The molecule has 0 spiro atoms. The van der Waals surface area contributed by atoms with Crippen molar-refractivity contribution in [1.82, 2.24) is 4.57 Å². The second-order valence-corrected chi connectivity index (χ2v) is 9.90. The molecule has 0 bridgehead atoms. The number of benzene rings is 2. The predicted octanol–water partition coefficient (Wildman–Crippen LogP) is 3.98. The van der Waals surface area contributed by atoms with Crippen LogP contribution >= 0.6 is 11.3 Å². The van der Waals surface area contributed by atoms with Gasteiger partial charge in [0, 0.05) is 17.7 Å². The summed E-state index contributed by atoms with van der Waals surface area (Å²) in [6, 6.07) is 13.9. The number of ether oxygens (including phenoxy) is 3. The Hall–Kier alpha value is -4.97. The summed E-state index contributed by atoms with van der Waals surface area (Å²) in [7, 11) is 2.94. The number of hydrogen-bond acceptors (Lipinski definition) is 10. The van der Waals surface area contributed by atoms with E-state index < -0.39 is 16.9 Å². The molecule has 41 heavy (non-hydrogen) atoms. The number of carbonyl (C=O) groups excluding carboxylic acids is 1. The van der Waals surface area contributed by atoms with Gasteiger partial charge in [-0.05, 0) is 38.1 Å². The first kappa shape index (κ1) is 27.6. The Balaban J connectivity index is 1.63. The van der Waals surface area contributed by atoms with Gasteiger partial charge in [0.15, 0.2) is 4.80 Å². The number of para-hydroxylation sites is 1. The summed E-state index contributed by atoms with van der Waals surface area (Å²) in [5.74, 6) is 1.00. The first-order valence-electron chi connectivity index (χ1n) is 12.5. The molecule has 0 radical (unpaired) electrons. The van der Waals surface area contributed by atoms with E-state index in [0.717, 1.165) is 11.3 Å². The lowest BCUT2D eigenvalue weighted by atomic mass is 9.95. The molecule has 5 rings (SSSR count). The number of thiazole rings is 1. The summed E-state index contributed by atoms with van der Waals surface area (Å²) in [5, 5.41) is 11.1. The first-order valence-corrected chi connectivity index (χ1v) is 13.3. The third-order valence-electron chi connectivity index (χ3n) is 6.51. The lowest BCUT2D eigenvalue weighted by Crippen LogP contribution is -2.40. The molecule has 0 fully saturated rings. The number of fused-ring (bicyclic) bond motifs is 1. The lowest BCUT2D eigenvalue weighted by molar-refractivity contribution is -0.384. The van der Waals surface area contributed by atoms with Gasteiger partial charge in [-0.2, -0.15) is 0 Å². The number of carbonyl (C=O) groups is 1. The standard InChI is InChI=1S/C29H25N3O8S/c1-5-39-28(34)25-16(2)30-29-31(26(25)20-8-6-7-9-21(20)37-3)27(33)24(41-29)15-18-11-13-22(40-18)19-12-10-17(32(35)36)14-23(19)38-4/h6-15,26H,5H2,1-4H3/b24-15+/t26-/m0/s1. The predicted molar refractivity (Wildman–Crippen MR) is 151 cm³/mol. The Morgan fingerprint density at radius 3 is 2.61 bits per heavy atom. The van der Waals surface area contributed by atoms with Crippen LogP contribution in [0.2, 0.25) is 0 Å². The van der Waals surface area contributed by atoms with Gasteiger partial charge in [0.2, 0.25) is 0 Å². The van der Waals surface area contributed by atoms with Gasteiger partial charge in [0.1, 0.15) is 29.1 Å². The van der Waals surface area contributed by atoms with Crippen molar-refractivity contribution in [2.45, 2.75) is 19.9 Å². The van der Waals surface area contributed by atoms with Gasteiger partial charge < -0.3 is 18.6 Å². The van der Waals surface area contributed by atoms with Gasteiger partial charge in [0.05, 0.1) is 53.2 Å². The summed E-state index contributed by atoms with van der Waals surface area (Å²) < 4.78 is 24.0. The molecule has 0 unspecified atom stereocenters. The Morgan fingerprint density at radius 2 is 1.90 bits per heavy atom. The second kappa shape index (κ2) is 11.3. The van der Waals surface area contributed by atoms with Gasteiger partial charge in [-0.15, -0.1) is 0 Å². The minimum absolute atomic E-state index is 0.111. The van der Waals surface area contributed by atoms with Crippen LogP contribution < -0.4 is 24.4 Å². The summed E-state index contributed by atoms with van der Waals surface area (Å²) in [4.78, 5) is 42.6. The van der Waals surface area contributed by atoms with E-state index in [4.69, 9.17) is 18.6 Å². The number of nitro groups is 1. The number of methoxy groups -OCH3 is 2. The maximum absolute atomic E-state index is 13.9. The van der Waals surface area contributed by atoms with Crippen LogP contribution in [0, 0.1) is 10.1 Å². The van der Waals surface area contributed by atoms with E-state index in [1.54, 1.807) is 56.3 Å². The van der Waals surface area contributed by atoms with E-state index >= 15 is 0 Å². The Morgan fingerprint density at radius 1 is 1.15 bits per heavy atom. The SMILES string of the molecule is CCOC(=O)C1=C(C)N=c2s/c(=C/c3ccc(-c4ccc([N+](=O)[O-])cc4OC)o3)c(=O)n2[C@H]1c1ccccc1OC. The molecule has 0 saturated carbocycles. The molecule has 2 aromatic carbocycles. The number of furan rings is 1. The smallest absolute Gasteiger partial charge is 0.338 e. The highest BCUT2D eigenvalue weighted by Gasteiger charge is 2.35. The average Bonchev–Trinajstić information content (AvgIpc) is 3.55. The van der Waals surface area contributed by atoms with Crippen molar-refractivity contribution in [3.8, 4) is 22.8 Å². The number of rotatable bonds is 8. The van der Waals surface area contributed by atoms with Gasteiger partial charge in [-0.3, -0.25) is 19.5 Å². The van der Waals surface area contributed by atoms with E-state index in [-0.39, 0.29) is 29.2 Å². The van der Waals surface area contributed by atoms with Crippen molar-refractivity contribution in [3.63, 3.8) is 0 Å². The summed E-state index contributed by atoms with van der Waals surface area (Å²) in [5.41, 5.74) is 1.35. The van der Waals surface area contributed by atoms with Crippen LogP contribution in [0.5, 0.6) is 11.5 Å². The highest BCUT2D eigenvalue weighted by molar-refractivity contribution is 7.07. The Labute approximate surface area is 237 Å². The van der Waals surface area contributed by atoms with Crippen LogP contribution in [0.15, 0.2) is 80.1 Å². The average molecular weight is 576 g/mol. The van der Waals surface area contributed by atoms with Gasteiger partial charge in [0.25, 0.3) is 11.2 Å². The number of non-ortho nitro benzene ring substituents is 1. The van der Waals surface area contributed by atoms with E-state index in [9.17, 15) is 19.7 Å². The fraction of sp³-hybridized carbons (Fsp3) is 0.207. The third-order valence-corrected chi connectivity index (χ3v) is 7.50. The van der Waals surface area contributed by atoms with E-state index in [2.05, 4.69) is 4.99 Å². The number of allylic oxidation sites excluding steroid dienone is 1.